The average molecular weight is 512 g/mol. The van der Waals surface area contributed by atoms with Crippen LogP contribution in [-0.4, -0.2) is 54.1 Å². The predicted octanol–water partition coefficient (Wildman–Crippen LogP) is 5.24. The zero-order valence-electron chi connectivity index (χ0n) is 21.4. The van der Waals surface area contributed by atoms with E-state index in [2.05, 4.69) is 36.3 Å². The molecule has 36 heavy (non-hydrogen) atoms. The average Bonchev–Trinajstić information content (AvgIpc) is 3.17. The second-order valence-corrected chi connectivity index (χ2v) is 9.89. The van der Waals surface area contributed by atoms with Gasteiger partial charge in [-0.15, -0.1) is 0 Å². The molecule has 4 rings (SSSR count). The molecule has 6 nitrogen and oxygen atoms in total. The van der Waals surface area contributed by atoms with E-state index in [1.807, 2.05) is 46.8 Å². The number of carbonyl (C=O) groups is 1. The van der Waals surface area contributed by atoms with E-state index in [0.29, 0.717) is 30.4 Å². The van der Waals surface area contributed by atoms with Gasteiger partial charge in [-0.1, -0.05) is 23.7 Å². The Labute approximate surface area is 218 Å². The number of anilines is 2. The Morgan fingerprint density at radius 3 is 2.56 bits per heavy atom. The van der Waals surface area contributed by atoms with Crippen molar-refractivity contribution >= 4 is 28.9 Å². The molecule has 1 aromatic heterocycles. The molecule has 0 saturated carbocycles. The van der Waals surface area contributed by atoms with Gasteiger partial charge in [0.2, 0.25) is 0 Å². The first-order valence-electron chi connectivity index (χ1n) is 12.5. The van der Waals surface area contributed by atoms with Crippen LogP contribution < -0.4 is 15.5 Å². The molecule has 1 unspecified atom stereocenters. The third-order valence-electron chi connectivity index (χ3n) is 7.11. The molecule has 3 aromatic rings. The summed E-state index contributed by atoms with van der Waals surface area (Å²) in [6.07, 6.45) is 0. The van der Waals surface area contributed by atoms with Crippen LogP contribution in [-0.2, 0) is 7.05 Å². The number of para-hydroxylation sites is 1. The summed E-state index contributed by atoms with van der Waals surface area (Å²) in [6.45, 7) is 9.80. The molecule has 8 heteroatoms. The normalized spacial score (nSPS) is 16.8. The highest BCUT2D eigenvalue weighted by Crippen LogP contribution is 2.25. The van der Waals surface area contributed by atoms with Crippen LogP contribution in [0.1, 0.15) is 41.6 Å². The fourth-order valence-electron chi connectivity index (χ4n) is 4.86. The lowest BCUT2D eigenvalue weighted by Crippen LogP contribution is -2.54. The number of halogens is 2. The standard InChI is InChI=1S/C28H35ClFN5O/c1-19-18-34(23-11-9-22(30)10-12-23)15-16-35(19)28(36)27-17-24(21(3)33(27)4)20(2)31-13-14-32-26-8-6-5-7-25(26)29/h5-12,17,19-20,31-32H,13-16,18H2,1-4H3/t19-,20?/m0/s1. The summed E-state index contributed by atoms with van der Waals surface area (Å²) in [5, 5.41) is 7.61. The third kappa shape index (κ3) is 5.68. The van der Waals surface area contributed by atoms with Gasteiger partial charge in [0.25, 0.3) is 5.91 Å². The SMILES string of the molecule is Cc1c(C(C)NCCNc2ccccc2Cl)cc(C(=O)N2CCN(c3ccc(F)cc3)C[C@@H]2C)n1C. The van der Waals surface area contributed by atoms with Crippen LogP contribution in [0.2, 0.25) is 5.02 Å². The summed E-state index contributed by atoms with van der Waals surface area (Å²) < 4.78 is 15.3. The highest BCUT2D eigenvalue weighted by molar-refractivity contribution is 6.33. The van der Waals surface area contributed by atoms with Crippen molar-refractivity contribution in [2.24, 2.45) is 7.05 Å². The van der Waals surface area contributed by atoms with Crippen molar-refractivity contribution in [3.05, 3.63) is 82.4 Å². The fourth-order valence-corrected chi connectivity index (χ4v) is 5.06. The van der Waals surface area contributed by atoms with Crippen LogP contribution >= 0.6 is 11.6 Å². The van der Waals surface area contributed by atoms with E-state index < -0.39 is 0 Å². The molecule has 1 aliphatic rings. The van der Waals surface area contributed by atoms with Crippen LogP contribution in [0.3, 0.4) is 0 Å². The van der Waals surface area contributed by atoms with Gasteiger partial charge >= 0.3 is 0 Å². The van der Waals surface area contributed by atoms with E-state index in [-0.39, 0.29) is 23.8 Å². The number of rotatable bonds is 8. The smallest absolute Gasteiger partial charge is 0.270 e. The van der Waals surface area contributed by atoms with Gasteiger partial charge in [0.15, 0.2) is 0 Å². The molecule has 0 bridgehead atoms. The number of carbonyl (C=O) groups excluding carboxylic acids is 1. The first-order chi connectivity index (χ1) is 17.3. The molecule has 0 aliphatic carbocycles. The quantitative estimate of drug-likeness (QED) is 0.406. The number of nitrogens with zero attached hydrogens (tertiary/aromatic N) is 3. The summed E-state index contributed by atoms with van der Waals surface area (Å²) in [4.78, 5) is 17.7. The molecule has 192 valence electrons. The molecular formula is C28H35ClFN5O. The molecule has 0 spiro atoms. The molecule has 1 fully saturated rings. The van der Waals surface area contributed by atoms with Crippen molar-refractivity contribution < 1.29 is 9.18 Å². The first kappa shape index (κ1) is 26.0. The Morgan fingerprint density at radius 1 is 1.14 bits per heavy atom. The van der Waals surface area contributed by atoms with E-state index in [1.165, 1.54) is 12.1 Å². The number of amides is 1. The monoisotopic (exact) mass is 511 g/mol. The predicted molar refractivity (Wildman–Crippen MR) is 146 cm³/mol. The number of aromatic nitrogens is 1. The van der Waals surface area contributed by atoms with Gasteiger partial charge in [0, 0.05) is 63.2 Å². The van der Waals surface area contributed by atoms with Gasteiger partial charge in [-0.05, 0) is 68.8 Å². The molecule has 2 atom stereocenters. The van der Waals surface area contributed by atoms with Crippen molar-refractivity contribution in [2.45, 2.75) is 32.9 Å². The number of piperazine rings is 1. The summed E-state index contributed by atoms with van der Waals surface area (Å²) in [6, 6.07) is 16.4. The molecule has 1 saturated heterocycles. The van der Waals surface area contributed by atoms with Crippen molar-refractivity contribution in [1.82, 2.24) is 14.8 Å². The van der Waals surface area contributed by atoms with E-state index >= 15 is 0 Å². The lowest BCUT2D eigenvalue weighted by molar-refractivity contribution is 0.0664. The number of hydrogen-bond acceptors (Lipinski definition) is 4. The van der Waals surface area contributed by atoms with Gasteiger partial charge in [0.1, 0.15) is 11.5 Å². The minimum Gasteiger partial charge on any atom is -0.383 e. The Balaban J connectivity index is 1.36. The van der Waals surface area contributed by atoms with Crippen LogP contribution in [0.15, 0.2) is 54.6 Å². The Morgan fingerprint density at radius 2 is 1.86 bits per heavy atom. The maximum atomic E-state index is 13.6. The zero-order chi connectivity index (χ0) is 25.8. The molecule has 2 aromatic carbocycles. The van der Waals surface area contributed by atoms with Gasteiger partial charge in [0.05, 0.1) is 10.7 Å². The van der Waals surface area contributed by atoms with Gasteiger partial charge in [-0.25, -0.2) is 4.39 Å². The third-order valence-corrected chi connectivity index (χ3v) is 7.43. The van der Waals surface area contributed by atoms with Crippen LogP contribution in [0, 0.1) is 12.7 Å². The van der Waals surface area contributed by atoms with Crippen molar-refractivity contribution in [2.75, 3.05) is 42.9 Å². The Bertz CT molecular complexity index is 1200. The largest absolute Gasteiger partial charge is 0.383 e. The lowest BCUT2D eigenvalue weighted by Gasteiger charge is -2.41. The highest BCUT2D eigenvalue weighted by Gasteiger charge is 2.30. The zero-order valence-corrected chi connectivity index (χ0v) is 22.1. The van der Waals surface area contributed by atoms with Crippen LogP contribution in [0.5, 0.6) is 0 Å². The van der Waals surface area contributed by atoms with E-state index in [4.69, 9.17) is 11.6 Å². The minimum absolute atomic E-state index is 0.0430. The van der Waals surface area contributed by atoms with Crippen LogP contribution in [0.4, 0.5) is 15.8 Å². The number of nitrogens with one attached hydrogen (secondary N) is 2. The summed E-state index contributed by atoms with van der Waals surface area (Å²) in [7, 11) is 1.96. The minimum atomic E-state index is -0.240. The molecule has 0 radical (unpaired) electrons. The van der Waals surface area contributed by atoms with Crippen molar-refractivity contribution in [3.63, 3.8) is 0 Å². The molecule has 1 amide bonds. The number of hydrogen-bond donors (Lipinski definition) is 2. The molecule has 2 heterocycles. The van der Waals surface area contributed by atoms with E-state index in [0.717, 1.165) is 35.7 Å². The lowest BCUT2D eigenvalue weighted by atomic mass is 10.1. The summed E-state index contributed by atoms with van der Waals surface area (Å²) in [5.74, 6) is -0.193. The fraction of sp³-hybridized carbons (Fsp3) is 0.393. The summed E-state index contributed by atoms with van der Waals surface area (Å²) >= 11 is 6.21. The topological polar surface area (TPSA) is 52.5 Å². The maximum absolute atomic E-state index is 13.6. The molecular weight excluding hydrogens is 477 g/mol. The summed E-state index contributed by atoms with van der Waals surface area (Å²) in [5.41, 5.74) is 4.81. The first-order valence-corrected chi connectivity index (χ1v) is 12.8. The maximum Gasteiger partial charge on any atom is 0.270 e. The van der Waals surface area contributed by atoms with E-state index in [9.17, 15) is 9.18 Å². The Hall–Kier alpha value is -3.03. The Kier molecular flexibility index (Phi) is 8.21. The molecule has 1 aliphatic heterocycles. The number of benzene rings is 2. The second-order valence-electron chi connectivity index (χ2n) is 9.48. The van der Waals surface area contributed by atoms with Crippen molar-refractivity contribution in [1.29, 1.82) is 0 Å². The highest BCUT2D eigenvalue weighted by atomic mass is 35.5. The van der Waals surface area contributed by atoms with Gasteiger partial charge in [-0.2, -0.15) is 0 Å². The second kappa shape index (κ2) is 11.4. The van der Waals surface area contributed by atoms with Gasteiger partial charge in [-0.3, -0.25) is 4.79 Å². The molecule has 2 N–H and O–H groups in total. The van der Waals surface area contributed by atoms with Crippen molar-refractivity contribution in [3.8, 4) is 0 Å². The van der Waals surface area contributed by atoms with Gasteiger partial charge < -0.3 is 25.0 Å². The van der Waals surface area contributed by atoms with E-state index in [1.54, 1.807) is 12.1 Å². The van der Waals surface area contributed by atoms with Crippen LogP contribution in [0.25, 0.3) is 0 Å².